The second kappa shape index (κ2) is 14.7. The Kier molecular flexibility index (Phi) is 10.0. The lowest BCUT2D eigenvalue weighted by Gasteiger charge is -2.41. The van der Waals surface area contributed by atoms with Gasteiger partial charge in [0.1, 0.15) is 0 Å². The molecule has 6 rings (SSSR count). The molecule has 1 aliphatic rings. The zero-order chi connectivity index (χ0) is 31.9. The van der Waals surface area contributed by atoms with E-state index >= 15 is 0 Å². The molecule has 8 nitrogen and oxygen atoms in total. The average Bonchev–Trinajstić information content (AvgIpc) is 3.11. The third-order valence-corrected chi connectivity index (χ3v) is 9.29. The number of hydrogen-bond donors (Lipinski definition) is 2. The van der Waals surface area contributed by atoms with Crippen LogP contribution in [-0.4, -0.2) is 27.9 Å². The quantitative estimate of drug-likeness (QED) is 0.104. The molecule has 1 amide bonds. The summed E-state index contributed by atoms with van der Waals surface area (Å²) < 4.78 is 14.1. The Morgan fingerprint density at radius 3 is 2.43 bits per heavy atom. The first kappa shape index (κ1) is 31.4. The van der Waals surface area contributed by atoms with Crippen LogP contribution >= 0.6 is 11.8 Å². The van der Waals surface area contributed by atoms with Crippen LogP contribution in [0.2, 0.25) is 0 Å². The SMILES string of the molecule is C[C@H]1[C@@H](CSc2cccc[n+]2[O-])O[C@@H](c2ccc(-c3ccccc3CNC(=O)c3cccnc3)cc2)O[C@H]1c1ccc(CO)cc1. The van der Waals surface area contributed by atoms with Crippen LogP contribution in [0.4, 0.5) is 0 Å². The number of nitrogens with zero attached hydrogens (tertiary/aromatic N) is 2. The summed E-state index contributed by atoms with van der Waals surface area (Å²) in [5, 5.41) is 25.5. The number of aliphatic hydroxyl groups excluding tert-OH is 1. The van der Waals surface area contributed by atoms with E-state index in [0.717, 1.165) is 38.1 Å². The fourth-order valence-electron chi connectivity index (χ4n) is 5.55. The number of rotatable bonds is 10. The first-order chi connectivity index (χ1) is 22.5. The van der Waals surface area contributed by atoms with Gasteiger partial charge in [0.15, 0.2) is 12.5 Å². The molecule has 0 aliphatic carbocycles. The molecule has 46 heavy (non-hydrogen) atoms. The number of thioether (sulfide) groups is 1. The summed E-state index contributed by atoms with van der Waals surface area (Å²) in [6.45, 7) is 2.46. The Morgan fingerprint density at radius 2 is 1.70 bits per heavy atom. The standard InChI is InChI=1S/C37H35N3O5S/c1-25-33(24-46-34-10-4-5-20-40(34)43)44-37(45-35(25)28-13-11-26(23-41)12-14-28)29-17-15-27(16-18-29)32-9-3-2-7-30(32)22-39-36(42)31-8-6-19-38-21-31/h2-21,25,33,35,37,41H,22-24H2,1H3,(H,39,42)/t25-,33+,35+,37+/m0/s1. The minimum absolute atomic E-state index is 0.000527. The number of carbonyl (C=O) groups is 1. The summed E-state index contributed by atoms with van der Waals surface area (Å²) in [6, 6.07) is 32.8. The number of hydrogen-bond acceptors (Lipinski definition) is 7. The van der Waals surface area contributed by atoms with Crippen molar-refractivity contribution >= 4 is 17.7 Å². The topological polar surface area (TPSA) is 108 Å². The maximum absolute atomic E-state index is 12.6. The van der Waals surface area contributed by atoms with Gasteiger partial charge in [0.05, 0.1) is 24.4 Å². The number of nitrogens with one attached hydrogen (secondary N) is 1. The van der Waals surface area contributed by atoms with Crippen molar-refractivity contribution < 1.29 is 24.1 Å². The Hall–Kier alpha value is -4.54. The van der Waals surface area contributed by atoms with Crippen LogP contribution in [-0.2, 0) is 22.6 Å². The number of aromatic nitrogens is 2. The third kappa shape index (κ3) is 7.29. The Morgan fingerprint density at radius 1 is 0.935 bits per heavy atom. The Balaban J connectivity index is 1.21. The molecule has 3 heterocycles. The Bertz CT molecular complexity index is 1750. The lowest BCUT2D eigenvalue weighted by atomic mass is 9.91. The molecule has 234 valence electrons. The zero-order valence-electron chi connectivity index (χ0n) is 25.4. The van der Waals surface area contributed by atoms with Crippen molar-refractivity contribution in [3.63, 3.8) is 0 Å². The molecule has 2 aromatic heterocycles. The van der Waals surface area contributed by atoms with Crippen LogP contribution in [0.1, 0.15) is 51.9 Å². The van der Waals surface area contributed by atoms with Crippen LogP contribution in [0.3, 0.4) is 0 Å². The molecule has 5 aromatic rings. The number of ether oxygens (including phenoxy) is 2. The van der Waals surface area contributed by atoms with Crippen LogP contribution in [0, 0.1) is 11.1 Å². The summed E-state index contributed by atoms with van der Waals surface area (Å²) in [7, 11) is 0. The van der Waals surface area contributed by atoms with E-state index in [2.05, 4.69) is 17.2 Å². The second-order valence-corrected chi connectivity index (χ2v) is 12.2. The predicted octanol–water partition coefficient (Wildman–Crippen LogP) is 6.39. The van der Waals surface area contributed by atoms with Crippen molar-refractivity contribution in [3.05, 3.63) is 155 Å². The van der Waals surface area contributed by atoms with Gasteiger partial charge >= 0.3 is 0 Å². The van der Waals surface area contributed by atoms with Crippen LogP contribution in [0.25, 0.3) is 11.1 Å². The molecule has 0 unspecified atom stereocenters. The minimum atomic E-state index is -0.623. The molecular formula is C37H35N3O5S. The van der Waals surface area contributed by atoms with E-state index in [1.807, 2.05) is 84.9 Å². The van der Waals surface area contributed by atoms with Gasteiger partial charge < -0.3 is 25.1 Å². The largest absolute Gasteiger partial charge is 0.618 e. The number of aliphatic hydroxyl groups is 1. The van der Waals surface area contributed by atoms with Gasteiger partial charge in [0.2, 0.25) is 0 Å². The second-order valence-electron chi connectivity index (χ2n) is 11.2. The summed E-state index contributed by atoms with van der Waals surface area (Å²) in [4.78, 5) is 16.7. The molecule has 9 heteroatoms. The maximum Gasteiger partial charge on any atom is 0.253 e. The maximum atomic E-state index is 12.6. The van der Waals surface area contributed by atoms with Crippen LogP contribution in [0.15, 0.2) is 127 Å². The normalized spacial score (nSPS) is 19.4. The highest BCUT2D eigenvalue weighted by molar-refractivity contribution is 7.99. The summed E-state index contributed by atoms with van der Waals surface area (Å²) in [6.07, 6.45) is 3.62. The van der Waals surface area contributed by atoms with Crippen molar-refractivity contribution in [3.8, 4) is 11.1 Å². The summed E-state index contributed by atoms with van der Waals surface area (Å²) >= 11 is 1.47. The minimum Gasteiger partial charge on any atom is -0.618 e. The average molecular weight is 634 g/mol. The molecule has 3 aromatic carbocycles. The van der Waals surface area contributed by atoms with E-state index in [-0.39, 0.29) is 30.6 Å². The molecule has 1 aliphatic heterocycles. The molecule has 1 fully saturated rings. The zero-order valence-corrected chi connectivity index (χ0v) is 26.2. The number of benzene rings is 3. The Labute approximate surface area is 272 Å². The predicted molar refractivity (Wildman–Crippen MR) is 176 cm³/mol. The first-order valence-electron chi connectivity index (χ1n) is 15.2. The molecule has 0 saturated carbocycles. The highest BCUT2D eigenvalue weighted by Crippen LogP contribution is 2.43. The van der Waals surface area contributed by atoms with Crippen molar-refractivity contribution in [2.24, 2.45) is 5.92 Å². The first-order valence-corrected chi connectivity index (χ1v) is 16.2. The van der Waals surface area contributed by atoms with Gasteiger partial charge in [0, 0.05) is 48.3 Å². The van der Waals surface area contributed by atoms with E-state index in [9.17, 15) is 15.1 Å². The van der Waals surface area contributed by atoms with Gasteiger partial charge in [-0.25, -0.2) is 0 Å². The van der Waals surface area contributed by atoms with Crippen molar-refractivity contribution in [2.75, 3.05) is 5.75 Å². The molecule has 0 radical (unpaired) electrons. The van der Waals surface area contributed by atoms with Crippen molar-refractivity contribution in [2.45, 2.75) is 43.6 Å². The van der Waals surface area contributed by atoms with Crippen LogP contribution < -0.4 is 10.0 Å². The van der Waals surface area contributed by atoms with Gasteiger partial charge in [-0.2, -0.15) is 4.73 Å². The number of carbonyl (C=O) groups excluding carboxylic acids is 1. The lowest BCUT2D eigenvalue weighted by molar-refractivity contribution is -0.645. The van der Waals surface area contributed by atoms with E-state index in [4.69, 9.17) is 9.47 Å². The molecule has 4 atom stereocenters. The van der Waals surface area contributed by atoms with Gasteiger partial charge in [0.25, 0.3) is 10.9 Å². The third-order valence-electron chi connectivity index (χ3n) is 8.18. The van der Waals surface area contributed by atoms with E-state index in [1.165, 1.54) is 18.0 Å². The van der Waals surface area contributed by atoms with Gasteiger partial charge in [-0.05, 0) is 46.0 Å². The van der Waals surface area contributed by atoms with E-state index in [1.54, 1.807) is 30.6 Å². The van der Waals surface area contributed by atoms with Crippen molar-refractivity contribution in [1.29, 1.82) is 0 Å². The number of amides is 1. The molecule has 0 bridgehead atoms. The smallest absolute Gasteiger partial charge is 0.253 e. The van der Waals surface area contributed by atoms with Gasteiger partial charge in [-0.1, -0.05) is 91.5 Å². The van der Waals surface area contributed by atoms with Crippen molar-refractivity contribution in [1.82, 2.24) is 10.3 Å². The summed E-state index contributed by atoms with van der Waals surface area (Å²) in [5.74, 6) is 0.402. The van der Waals surface area contributed by atoms with Crippen LogP contribution in [0.5, 0.6) is 0 Å². The highest BCUT2D eigenvalue weighted by Gasteiger charge is 2.38. The molecule has 1 saturated heterocycles. The van der Waals surface area contributed by atoms with E-state index < -0.39 is 6.29 Å². The van der Waals surface area contributed by atoms with E-state index in [0.29, 0.717) is 22.9 Å². The highest BCUT2D eigenvalue weighted by atomic mass is 32.2. The molecule has 0 spiro atoms. The lowest BCUT2D eigenvalue weighted by Crippen LogP contribution is -2.39. The fraction of sp³-hybridized carbons (Fsp3) is 0.216. The summed E-state index contributed by atoms with van der Waals surface area (Å²) in [5.41, 5.74) is 6.25. The van der Waals surface area contributed by atoms with Gasteiger partial charge in [-0.3, -0.25) is 9.78 Å². The fourth-order valence-corrected chi connectivity index (χ4v) is 6.63. The monoisotopic (exact) mass is 633 g/mol. The molecular weight excluding hydrogens is 598 g/mol. The molecule has 2 N–H and O–H groups in total. The number of pyridine rings is 2. The van der Waals surface area contributed by atoms with Gasteiger partial charge in [-0.15, -0.1) is 0 Å².